The number of esters is 1. The molecule has 0 bridgehead atoms. The molecule has 0 aliphatic carbocycles. The molecule has 5 heteroatoms. The predicted octanol–water partition coefficient (Wildman–Crippen LogP) is 1.99. The Balaban J connectivity index is 2.80. The molecule has 0 spiro atoms. The second kappa shape index (κ2) is 6.43. The van der Waals surface area contributed by atoms with Gasteiger partial charge in [-0.1, -0.05) is 0 Å². The minimum atomic E-state index is -0.545. The fraction of sp³-hybridized carbons (Fsp3) is 0.500. The molecule has 1 aromatic carbocycles. The fourth-order valence-corrected chi connectivity index (χ4v) is 1.37. The van der Waals surface area contributed by atoms with Crippen LogP contribution in [0.25, 0.3) is 0 Å². The number of nitrogen functional groups attached to an aromatic ring is 1. The lowest BCUT2D eigenvalue weighted by Gasteiger charge is -2.19. The molecule has 0 aliphatic rings. The van der Waals surface area contributed by atoms with Gasteiger partial charge in [-0.25, -0.2) is 4.79 Å². The number of benzene rings is 1. The molecule has 0 amide bonds. The summed E-state index contributed by atoms with van der Waals surface area (Å²) in [4.78, 5) is 11.9. The largest absolute Gasteiger partial charge is 0.491 e. The Morgan fingerprint density at radius 1 is 1.37 bits per heavy atom. The lowest BCUT2D eigenvalue weighted by Crippen LogP contribution is -2.23. The standard InChI is InChI=1S/C14H21NO4/c1-14(2,3)19-13(17)10-5-6-11(15)12(9-10)18-8-4-7-16/h5-6,9,16H,4,7-8,15H2,1-3H3. The van der Waals surface area contributed by atoms with Crippen molar-refractivity contribution in [1.82, 2.24) is 0 Å². The molecular formula is C14H21NO4. The summed E-state index contributed by atoms with van der Waals surface area (Å²) in [7, 11) is 0. The van der Waals surface area contributed by atoms with Gasteiger partial charge in [0.1, 0.15) is 11.4 Å². The van der Waals surface area contributed by atoms with Crippen molar-refractivity contribution in [2.45, 2.75) is 32.8 Å². The number of hydrogen-bond acceptors (Lipinski definition) is 5. The molecule has 0 saturated carbocycles. The Hall–Kier alpha value is -1.75. The SMILES string of the molecule is CC(C)(C)OC(=O)c1ccc(N)c(OCCCO)c1. The minimum Gasteiger partial charge on any atom is -0.491 e. The van der Waals surface area contributed by atoms with Crippen LogP contribution in [0.15, 0.2) is 18.2 Å². The van der Waals surface area contributed by atoms with Crippen molar-refractivity contribution in [1.29, 1.82) is 0 Å². The van der Waals surface area contributed by atoms with E-state index >= 15 is 0 Å². The van der Waals surface area contributed by atoms with Gasteiger partial charge in [0.25, 0.3) is 0 Å². The highest BCUT2D eigenvalue weighted by molar-refractivity contribution is 5.91. The Bertz CT molecular complexity index is 438. The smallest absolute Gasteiger partial charge is 0.338 e. The first-order valence-corrected chi connectivity index (χ1v) is 6.20. The Labute approximate surface area is 113 Å². The average Bonchev–Trinajstić information content (AvgIpc) is 2.29. The molecule has 5 nitrogen and oxygen atoms in total. The van der Waals surface area contributed by atoms with Gasteiger partial charge >= 0.3 is 5.97 Å². The first kappa shape index (κ1) is 15.3. The van der Waals surface area contributed by atoms with E-state index in [2.05, 4.69) is 0 Å². The van der Waals surface area contributed by atoms with Gasteiger partial charge in [-0.3, -0.25) is 0 Å². The maximum absolute atomic E-state index is 11.9. The van der Waals surface area contributed by atoms with Gasteiger partial charge in [-0.2, -0.15) is 0 Å². The second-order valence-corrected chi connectivity index (χ2v) is 5.18. The minimum absolute atomic E-state index is 0.0473. The van der Waals surface area contributed by atoms with Gasteiger partial charge in [0.05, 0.1) is 17.9 Å². The van der Waals surface area contributed by atoms with Gasteiger partial charge in [-0.15, -0.1) is 0 Å². The molecule has 3 N–H and O–H groups in total. The molecule has 0 saturated heterocycles. The molecule has 1 aromatic rings. The summed E-state index contributed by atoms with van der Waals surface area (Å²) in [5, 5.41) is 8.70. The quantitative estimate of drug-likeness (QED) is 0.484. The van der Waals surface area contributed by atoms with E-state index in [1.165, 1.54) is 0 Å². The van der Waals surface area contributed by atoms with Crippen molar-refractivity contribution in [3.05, 3.63) is 23.8 Å². The first-order valence-electron chi connectivity index (χ1n) is 6.20. The number of anilines is 1. The number of aliphatic hydroxyl groups is 1. The summed E-state index contributed by atoms with van der Waals surface area (Å²) in [5.41, 5.74) is 6.06. The summed E-state index contributed by atoms with van der Waals surface area (Å²) >= 11 is 0. The van der Waals surface area contributed by atoms with Crippen LogP contribution in [0.2, 0.25) is 0 Å². The fourth-order valence-electron chi connectivity index (χ4n) is 1.37. The number of carbonyl (C=O) groups excluding carboxylic acids is 1. The van der Waals surface area contributed by atoms with E-state index in [0.717, 1.165) is 0 Å². The van der Waals surface area contributed by atoms with E-state index in [0.29, 0.717) is 30.0 Å². The van der Waals surface area contributed by atoms with Gasteiger partial charge in [-0.05, 0) is 39.0 Å². The summed E-state index contributed by atoms with van der Waals surface area (Å²) in [6, 6.07) is 4.76. The number of rotatable bonds is 5. The zero-order valence-electron chi connectivity index (χ0n) is 11.6. The Kier molecular flexibility index (Phi) is 5.18. The van der Waals surface area contributed by atoms with Crippen molar-refractivity contribution >= 4 is 11.7 Å². The lowest BCUT2D eigenvalue weighted by atomic mass is 10.1. The second-order valence-electron chi connectivity index (χ2n) is 5.18. The summed E-state index contributed by atoms with van der Waals surface area (Å²) < 4.78 is 10.7. The van der Waals surface area contributed by atoms with Crippen LogP contribution in [0, 0.1) is 0 Å². The normalized spacial score (nSPS) is 11.2. The molecule has 0 aliphatic heterocycles. The third-order valence-corrected chi connectivity index (χ3v) is 2.21. The molecule has 0 radical (unpaired) electrons. The molecule has 0 unspecified atom stereocenters. The maximum Gasteiger partial charge on any atom is 0.338 e. The topological polar surface area (TPSA) is 81.8 Å². The van der Waals surface area contributed by atoms with Crippen LogP contribution in [0.5, 0.6) is 5.75 Å². The van der Waals surface area contributed by atoms with E-state index in [4.69, 9.17) is 20.3 Å². The van der Waals surface area contributed by atoms with Gasteiger partial charge in [0.2, 0.25) is 0 Å². The third-order valence-electron chi connectivity index (χ3n) is 2.21. The van der Waals surface area contributed by atoms with Crippen LogP contribution in [0.3, 0.4) is 0 Å². The van der Waals surface area contributed by atoms with Gasteiger partial charge in [0, 0.05) is 13.0 Å². The monoisotopic (exact) mass is 267 g/mol. The van der Waals surface area contributed by atoms with Gasteiger partial charge in [0.15, 0.2) is 0 Å². The zero-order valence-corrected chi connectivity index (χ0v) is 11.6. The molecule has 19 heavy (non-hydrogen) atoms. The number of aliphatic hydroxyl groups excluding tert-OH is 1. The highest BCUT2D eigenvalue weighted by Gasteiger charge is 2.18. The molecule has 0 atom stereocenters. The highest BCUT2D eigenvalue weighted by atomic mass is 16.6. The number of ether oxygens (including phenoxy) is 2. The Morgan fingerprint density at radius 2 is 2.05 bits per heavy atom. The lowest BCUT2D eigenvalue weighted by molar-refractivity contribution is 0.00691. The van der Waals surface area contributed by atoms with Crippen molar-refractivity contribution in [2.24, 2.45) is 0 Å². The summed E-state index contributed by atoms with van der Waals surface area (Å²) in [5.74, 6) is 0.0105. The predicted molar refractivity (Wildman–Crippen MR) is 73.2 cm³/mol. The van der Waals surface area contributed by atoms with Crippen molar-refractivity contribution in [2.75, 3.05) is 18.9 Å². The van der Waals surface area contributed by atoms with E-state index in [9.17, 15) is 4.79 Å². The Morgan fingerprint density at radius 3 is 2.63 bits per heavy atom. The molecule has 0 aromatic heterocycles. The van der Waals surface area contributed by atoms with Crippen molar-refractivity contribution in [3.8, 4) is 5.75 Å². The van der Waals surface area contributed by atoms with E-state index < -0.39 is 11.6 Å². The number of nitrogens with two attached hydrogens (primary N) is 1. The molecule has 0 fully saturated rings. The van der Waals surface area contributed by atoms with Crippen LogP contribution >= 0.6 is 0 Å². The first-order chi connectivity index (χ1) is 8.83. The van der Waals surface area contributed by atoms with E-state index in [-0.39, 0.29) is 6.61 Å². The maximum atomic E-state index is 11.9. The van der Waals surface area contributed by atoms with Gasteiger partial charge < -0.3 is 20.3 Å². The summed E-state index contributed by atoms with van der Waals surface area (Å²) in [6.45, 7) is 5.81. The van der Waals surface area contributed by atoms with Crippen LogP contribution in [0.4, 0.5) is 5.69 Å². The van der Waals surface area contributed by atoms with Crippen molar-refractivity contribution < 1.29 is 19.4 Å². The molecule has 0 heterocycles. The number of hydrogen-bond donors (Lipinski definition) is 2. The summed E-state index contributed by atoms with van der Waals surface area (Å²) in [6.07, 6.45) is 0.510. The van der Waals surface area contributed by atoms with Crippen molar-refractivity contribution in [3.63, 3.8) is 0 Å². The molecular weight excluding hydrogens is 246 g/mol. The highest BCUT2D eigenvalue weighted by Crippen LogP contribution is 2.24. The average molecular weight is 267 g/mol. The van der Waals surface area contributed by atoms with E-state index in [1.807, 2.05) is 0 Å². The molecule has 106 valence electrons. The number of carbonyl (C=O) groups is 1. The van der Waals surface area contributed by atoms with Crippen LogP contribution in [0.1, 0.15) is 37.6 Å². The zero-order chi connectivity index (χ0) is 14.5. The van der Waals surface area contributed by atoms with Crippen LogP contribution in [-0.2, 0) is 4.74 Å². The molecule has 1 rings (SSSR count). The van der Waals surface area contributed by atoms with E-state index in [1.54, 1.807) is 39.0 Å². The third kappa shape index (κ3) is 5.18. The van der Waals surface area contributed by atoms with Crippen LogP contribution < -0.4 is 10.5 Å². The van der Waals surface area contributed by atoms with Crippen LogP contribution in [-0.4, -0.2) is 29.9 Å².